The molecule has 38 heavy (non-hydrogen) atoms. The monoisotopic (exact) mass is 518 g/mol. The number of nitrogens with zero attached hydrogens (tertiary/aromatic N) is 3. The van der Waals surface area contributed by atoms with Crippen LogP contribution in [0.25, 0.3) is 0 Å². The number of imide groups is 1. The van der Waals surface area contributed by atoms with Gasteiger partial charge in [-0.15, -0.1) is 13.2 Å². The van der Waals surface area contributed by atoms with Crippen LogP contribution in [-0.2, 0) is 29.7 Å². The smallest absolute Gasteiger partial charge is 0.322 e. The van der Waals surface area contributed by atoms with Crippen LogP contribution in [0.2, 0.25) is 0 Å². The summed E-state index contributed by atoms with van der Waals surface area (Å²) in [7, 11) is 1.53. The van der Waals surface area contributed by atoms with Crippen molar-refractivity contribution in [3.05, 3.63) is 78.0 Å². The zero-order valence-corrected chi connectivity index (χ0v) is 21.6. The molecule has 0 saturated carbocycles. The maximum atomic E-state index is 13.2. The van der Waals surface area contributed by atoms with E-state index in [0.717, 1.165) is 16.8 Å². The minimum absolute atomic E-state index is 0.103. The molecule has 2 aliphatic rings. The lowest BCUT2D eigenvalue weighted by molar-refractivity contribution is -0.125. The van der Waals surface area contributed by atoms with E-state index in [-0.39, 0.29) is 18.2 Å². The molecular weight excluding hydrogens is 488 g/mol. The summed E-state index contributed by atoms with van der Waals surface area (Å²) in [6.07, 6.45) is 4.65. The van der Waals surface area contributed by atoms with E-state index >= 15 is 0 Å². The van der Waals surface area contributed by atoms with Gasteiger partial charge in [-0.3, -0.25) is 25.0 Å². The second kappa shape index (κ2) is 10.8. The third kappa shape index (κ3) is 4.82. The van der Waals surface area contributed by atoms with E-state index in [0.29, 0.717) is 42.1 Å². The molecule has 198 valence electrons. The van der Waals surface area contributed by atoms with E-state index in [1.807, 2.05) is 19.9 Å². The Kier molecular flexibility index (Phi) is 7.47. The third-order valence-electron chi connectivity index (χ3n) is 6.42. The van der Waals surface area contributed by atoms with E-state index in [4.69, 9.17) is 14.1 Å². The average Bonchev–Trinajstić information content (AvgIpc) is 3.69. The Morgan fingerprint density at radius 1 is 1.26 bits per heavy atom. The number of aromatic amines is 1. The molecule has 0 unspecified atom stereocenters. The number of carbonyl (C=O) groups is 3. The van der Waals surface area contributed by atoms with Gasteiger partial charge in [-0.1, -0.05) is 13.0 Å². The predicted octanol–water partition coefficient (Wildman–Crippen LogP) is 3.40. The Morgan fingerprint density at radius 2 is 2.05 bits per heavy atom. The molecule has 1 saturated heterocycles. The predicted molar refractivity (Wildman–Crippen MR) is 140 cm³/mol. The molecule has 5 rings (SSSR count). The quantitative estimate of drug-likeness (QED) is 0.237. The molecule has 1 atom stereocenters. The Labute approximate surface area is 220 Å². The number of aliphatic imine (C=N–C) groups is 1. The molecule has 3 N–H and O–H groups in total. The van der Waals surface area contributed by atoms with Gasteiger partial charge in [0.1, 0.15) is 23.0 Å². The summed E-state index contributed by atoms with van der Waals surface area (Å²) in [5, 5.41) is 11.7. The van der Waals surface area contributed by atoms with Crippen molar-refractivity contribution in [3.8, 4) is 5.75 Å². The van der Waals surface area contributed by atoms with Crippen LogP contribution in [-0.4, -0.2) is 52.3 Å². The number of hydrogen-bond donors (Lipinski definition) is 3. The molecular formula is C27H30N6O5. The maximum absolute atomic E-state index is 13.2. The Hall–Kier alpha value is -4.67. The van der Waals surface area contributed by atoms with Crippen LogP contribution in [0, 0.1) is 0 Å². The van der Waals surface area contributed by atoms with Gasteiger partial charge in [0.15, 0.2) is 5.54 Å². The van der Waals surface area contributed by atoms with Gasteiger partial charge in [0.2, 0.25) is 0 Å². The summed E-state index contributed by atoms with van der Waals surface area (Å²) in [4.78, 5) is 44.9. The number of furan rings is 1. The maximum Gasteiger partial charge on any atom is 0.322 e. The molecule has 0 radical (unpaired) electrons. The van der Waals surface area contributed by atoms with Crippen molar-refractivity contribution in [1.29, 1.82) is 0 Å². The normalized spacial score (nSPS) is 18.6. The first-order valence-electron chi connectivity index (χ1n) is 12.1. The molecule has 0 bridgehead atoms. The topological polar surface area (TPSA) is 142 Å². The van der Waals surface area contributed by atoms with Gasteiger partial charge in [0.05, 0.1) is 19.9 Å². The number of H-pyrrole nitrogens is 1. The molecule has 4 amide bonds. The van der Waals surface area contributed by atoms with Crippen molar-refractivity contribution in [3.63, 3.8) is 0 Å². The van der Waals surface area contributed by atoms with Crippen LogP contribution >= 0.6 is 0 Å². The lowest BCUT2D eigenvalue weighted by Crippen LogP contribution is -2.52. The van der Waals surface area contributed by atoms with Crippen LogP contribution in [0.5, 0.6) is 5.75 Å². The van der Waals surface area contributed by atoms with E-state index in [9.17, 15) is 14.4 Å². The van der Waals surface area contributed by atoms with E-state index < -0.39 is 17.5 Å². The fourth-order valence-corrected chi connectivity index (χ4v) is 4.63. The number of carbonyl (C=O) groups excluding carboxylic acids is 3. The van der Waals surface area contributed by atoms with Crippen molar-refractivity contribution >= 4 is 29.2 Å². The minimum atomic E-state index is -1.59. The van der Waals surface area contributed by atoms with E-state index in [1.165, 1.54) is 12.0 Å². The average molecular weight is 519 g/mol. The first-order valence-corrected chi connectivity index (χ1v) is 12.1. The lowest BCUT2D eigenvalue weighted by Gasteiger charge is -2.29. The van der Waals surface area contributed by atoms with Gasteiger partial charge in [-0.25, -0.2) is 4.79 Å². The summed E-state index contributed by atoms with van der Waals surface area (Å²) < 4.78 is 11.4. The standard InChI is InChI=1S/C25H26N6O5.C2H4/c1-4-20-19(28-14(2)7-15-10-26-27-11-15)9-21(36-20)25(23(33)29-24(34)30-25)13-31-12-16-5-6-17(35-3)8-18(16)22(31)32;1-2/h5-6,8-11H,4,7,12-13H2,1-3H3,(H,26,27)(H2,29,30,33,34);1-2H2/t25-;/m0./s1. The van der Waals surface area contributed by atoms with Crippen molar-refractivity contribution in [2.75, 3.05) is 13.7 Å². The Balaban J connectivity index is 0.00000164. The second-order valence-electron chi connectivity index (χ2n) is 8.90. The van der Waals surface area contributed by atoms with Crippen LogP contribution in [0.15, 0.2) is 59.2 Å². The minimum Gasteiger partial charge on any atom is -0.497 e. The van der Waals surface area contributed by atoms with Gasteiger partial charge in [0, 0.05) is 42.9 Å². The van der Waals surface area contributed by atoms with Gasteiger partial charge < -0.3 is 19.4 Å². The van der Waals surface area contributed by atoms with Crippen molar-refractivity contribution in [2.24, 2.45) is 4.99 Å². The number of nitrogens with one attached hydrogen (secondary N) is 3. The van der Waals surface area contributed by atoms with Gasteiger partial charge in [-0.2, -0.15) is 5.10 Å². The zero-order chi connectivity index (χ0) is 27.4. The van der Waals surface area contributed by atoms with Gasteiger partial charge >= 0.3 is 6.03 Å². The highest BCUT2D eigenvalue weighted by atomic mass is 16.5. The fraction of sp³-hybridized carbons (Fsp3) is 0.296. The molecule has 2 aliphatic heterocycles. The molecule has 2 aromatic heterocycles. The molecule has 0 spiro atoms. The third-order valence-corrected chi connectivity index (χ3v) is 6.42. The summed E-state index contributed by atoms with van der Waals surface area (Å²) in [5.41, 5.74) is 2.11. The zero-order valence-electron chi connectivity index (χ0n) is 21.6. The Morgan fingerprint density at radius 3 is 2.68 bits per heavy atom. The highest BCUT2D eigenvalue weighted by Gasteiger charge is 2.53. The van der Waals surface area contributed by atoms with Gasteiger partial charge in [-0.05, 0) is 30.2 Å². The molecule has 3 aromatic rings. The number of urea groups is 1. The number of benzene rings is 1. The molecule has 4 heterocycles. The molecule has 11 nitrogen and oxygen atoms in total. The molecule has 0 aliphatic carbocycles. The highest BCUT2D eigenvalue weighted by Crippen LogP contribution is 2.36. The van der Waals surface area contributed by atoms with Crippen molar-refractivity contribution in [2.45, 2.75) is 38.8 Å². The largest absolute Gasteiger partial charge is 0.497 e. The molecule has 1 fully saturated rings. The number of fused-ring (bicyclic) bond motifs is 1. The van der Waals surface area contributed by atoms with Crippen LogP contribution in [0.1, 0.15) is 46.9 Å². The second-order valence-corrected chi connectivity index (χ2v) is 8.90. The highest BCUT2D eigenvalue weighted by molar-refractivity contribution is 6.08. The lowest BCUT2D eigenvalue weighted by atomic mass is 9.95. The van der Waals surface area contributed by atoms with E-state index in [1.54, 1.807) is 30.6 Å². The Bertz CT molecular complexity index is 1390. The van der Waals surface area contributed by atoms with Gasteiger partial charge in [0.25, 0.3) is 11.8 Å². The number of hydrogen-bond acceptors (Lipinski definition) is 7. The van der Waals surface area contributed by atoms with Crippen LogP contribution in [0.3, 0.4) is 0 Å². The summed E-state index contributed by atoms with van der Waals surface area (Å²) in [6, 6.07) is 6.30. The molecule has 11 heteroatoms. The summed E-state index contributed by atoms with van der Waals surface area (Å²) >= 11 is 0. The van der Waals surface area contributed by atoms with Crippen LogP contribution in [0.4, 0.5) is 10.5 Å². The summed E-state index contributed by atoms with van der Waals surface area (Å²) in [5.74, 6) is 0.520. The van der Waals surface area contributed by atoms with Crippen molar-refractivity contribution in [1.82, 2.24) is 25.7 Å². The van der Waals surface area contributed by atoms with Crippen LogP contribution < -0.4 is 15.4 Å². The number of methoxy groups -OCH3 is 1. The number of ether oxygens (including phenoxy) is 1. The fourth-order valence-electron chi connectivity index (χ4n) is 4.63. The first kappa shape index (κ1) is 26.4. The summed E-state index contributed by atoms with van der Waals surface area (Å²) in [6.45, 7) is 10.0. The number of rotatable bonds is 8. The number of aryl methyl sites for hydroxylation is 1. The molecule has 1 aromatic carbocycles. The van der Waals surface area contributed by atoms with Crippen molar-refractivity contribution < 1.29 is 23.5 Å². The number of aromatic nitrogens is 2. The first-order chi connectivity index (χ1) is 18.3. The SMILES string of the molecule is C=C.CCc1oc([C@]2(CN3Cc4ccc(OC)cc4C3=O)NC(=O)NC2=O)cc1N=C(C)Cc1cn[nH]c1. The number of amides is 4. The van der Waals surface area contributed by atoms with E-state index in [2.05, 4.69) is 34.0 Å².